The number of imidazole rings is 1. The number of hydrogen-bond donors (Lipinski definition) is 3. The van der Waals surface area contributed by atoms with Gasteiger partial charge in [0.25, 0.3) is 0 Å². The molecule has 1 saturated carbocycles. The van der Waals surface area contributed by atoms with Crippen LogP contribution in [-0.2, 0) is 10.2 Å². The molecular weight excluding hydrogens is 453 g/mol. The number of ether oxygens (including phenoxy) is 1. The molecule has 3 aliphatic rings. The van der Waals surface area contributed by atoms with E-state index in [1.165, 1.54) is 17.0 Å². The zero-order chi connectivity index (χ0) is 22.9. The average Bonchev–Trinajstić information content (AvgIpc) is 3.57. The predicted molar refractivity (Wildman–Crippen MR) is 117 cm³/mol. The first-order valence-corrected chi connectivity index (χ1v) is 11.4. The van der Waals surface area contributed by atoms with Gasteiger partial charge in [-0.25, -0.2) is 9.37 Å². The summed E-state index contributed by atoms with van der Waals surface area (Å²) in [6.45, 7) is 0.112. The summed E-state index contributed by atoms with van der Waals surface area (Å²) in [6, 6.07) is 5.18. The largest absolute Gasteiger partial charge is 0.394 e. The number of anilines is 2. The van der Waals surface area contributed by atoms with E-state index in [4.69, 9.17) is 16.3 Å². The Labute approximate surface area is 193 Å². The molecule has 2 aromatic heterocycles. The molecule has 1 aliphatic carbocycles. The monoisotopic (exact) mass is 475 g/mol. The molecule has 1 spiro atoms. The van der Waals surface area contributed by atoms with E-state index in [1.807, 2.05) is 11.0 Å². The van der Waals surface area contributed by atoms with Crippen molar-refractivity contribution in [2.45, 2.75) is 55.6 Å². The lowest BCUT2D eigenvalue weighted by Crippen LogP contribution is -2.33. The van der Waals surface area contributed by atoms with Crippen molar-refractivity contribution in [2.24, 2.45) is 0 Å². The van der Waals surface area contributed by atoms with Crippen LogP contribution in [0.25, 0.3) is 11.2 Å². The first kappa shape index (κ1) is 21.2. The van der Waals surface area contributed by atoms with E-state index in [0.717, 1.165) is 31.2 Å². The van der Waals surface area contributed by atoms with Crippen LogP contribution in [0.4, 0.5) is 15.9 Å². The third kappa shape index (κ3) is 3.01. The van der Waals surface area contributed by atoms with Crippen LogP contribution >= 0.6 is 11.6 Å². The fourth-order valence-corrected chi connectivity index (χ4v) is 5.86. The van der Waals surface area contributed by atoms with Gasteiger partial charge in [0.1, 0.15) is 24.1 Å². The van der Waals surface area contributed by atoms with Crippen molar-refractivity contribution in [1.82, 2.24) is 19.5 Å². The highest BCUT2D eigenvalue weighted by atomic mass is 35.5. The van der Waals surface area contributed by atoms with E-state index in [0.29, 0.717) is 23.6 Å². The Morgan fingerprint density at radius 2 is 1.97 bits per heavy atom. The maximum atomic E-state index is 15.1. The summed E-state index contributed by atoms with van der Waals surface area (Å²) in [5.74, 6) is 0.0488. The molecule has 33 heavy (non-hydrogen) atoms. The van der Waals surface area contributed by atoms with E-state index in [9.17, 15) is 15.3 Å². The molecule has 4 heterocycles. The summed E-state index contributed by atoms with van der Waals surface area (Å²) in [7, 11) is 0. The minimum Gasteiger partial charge on any atom is -0.394 e. The van der Waals surface area contributed by atoms with Crippen molar-refractivity contribution in [3.8, 4) is 0 Å². The number of para-hydroxylation sites is 1. The second-order valence-electron chi connectivity index (χ2n) is 9.08. The van der Waals surface area contributed by atoms with Crippen LogP contribution in [-0.4, -0.2) is 66.3 Å². The van der Waals surface area contributed by atoms with Crippen molar-refractivity contribution in [1.29, 1.82) is 0 Å². The highest BCUT2D eigenvalue weighted by Gasteiger charge is 2.48. The van der Waals surface area contributed by atoms with E-state index in [-0.39, 0.29) is 22.2 Å². The number of halogens is 2. The zero-order valence-corrected chi connectivity index (χ0v) is 18.4. The van der Waals surface area contributed by atoms with Gasteiger partial charge in [-0.2, -0.15) is 9.97 Å². The molecule has 6 rings (SSSR count). The van der Waals surface area contributed by atoms with Crippen molar-refractivity contribution < 1.29 is 24.4 Å². The maximum Gasteiger partial charge on any atom is 0.226 e. The molecule has 0 amide bonds. The molecule has 3 N–H and O–H groups in total. The van der Waals surface area contributed by atoms with Gasteiger partial charge in [-0.15, -0.1) is 0 Å². The predicted octanol–water partition coefficient (Wildman–Crippen LogP) is 2.19. The normalized spacial score (nSPS) is 28.3. The van der Waals surface area contributed by atoms with E-state index in [1.54, 1.807) is 6.07 Å². The van der Waals surface area contributed by atoms with Crippen molar-refractivity contribution in [2.75, 3.05) is 18.1 Å². The van der Waals surface area contributed by atoms with Gasteiger partial charge in [0.2, 0.25) is 5.28 Å². The maximum absolute atomic E-state index is 15.1. The third-order valence-corrected chi connectivity index (χ3v) is 7.44. The number of aromatic nitrogens is 4. The van der Waals surface area contributed by atoms with Crippen LogP contribution in [0.5, 0.6) is 0 Å². The minimum atomic E-state index is -1.30. The SMILES string of the molecule is OCC1OC(n2cnc3c(N4CC5(CCCC5)c5cccc(F)c54)nc(Cl)nc32)C(O)C1O. The van der Waals surface area contributed by atoms with E-state index in [2.05, 4.69) is 15.0 Å². The van der Waals surface area contributed by atoms with Gasteiger partial charge in [-0.05, 0) is 36.1 Å². The first-order valence-electron chi connectivity index (χ1n) is 11.0. The number of aliphatic hydroxyl groups is 3. The Morgan fingerprint density at radius 1 is 1.18 bits per heavy atom. The summed E-state index contributed by atoms with van der Waals surface area (Å²) in [5.41, 5.74) is 1.97. The van der Waals surface area contributed by atoms with Gasteiger partial charge in [0, 0.05) is 12.0 Å². The minimum absolute atomic E-state index is 0.0590. The summed E-state index contributed by atoms with van der Waals surface area (Å²) < 4.78 is 22.2. The Balaban J connectivity index is 1.49. The summed E-state index contributed by atoms with van der Waals surface area (Å²) in [5, 5.41) is 30.0. The standard InChI is InChI=1S/C22H23ClFN5O4/c23-21-26-18(28-9-22(6-1-2-7-22)11-4-3-5-12(24)15(11)28)14-19(27-21)29(10-25-14)20-17(32)16(31)13(8-30)33-20/h3-5,10,13,16-17,20,30-32H,1-2,6-9H2. The molecule has 0 radical (unpaired) electrons. The molecule has 3 aromatic rings. The van der Waals surface area contributed by atoms with Crippen LogP contribution in [0.15, 0.2) is 24.5 Å². The van der Waals surface area contributed by atoms with Crippen molar-refractivity contribution in [3.63, 3.8) is 0 Å². The summed E-state index contributed by atoms with van der Waals surface area (Å²) >= 11 is 6.30. The molecule has 1 aromatic carbocycles. The Bertz CT molecular complexity index is 1230. The van der Waals surface area contributed by atoms with Gasteiger partial charge >= 0.3 is 0 Å². The average molecular weight is 476 g/mol. The molecule has 4 unspecified atom stereocenters. The zero-order valence-electron chi connectivity index (χ0n) is 17.6. The second kappa shape index (κ2) is 7.57. The van der Waals surface area contributed by atoms with Crippen molar-refractivity contribution >= 4 is 34.3 Å². The molecule has 1 saturated heterocycles. The fraction of sp³-hybridized carbons (Fsp3) is 0.500. The molecular formula is C22H23ClFN5O4. The number of fused-ring (bicyclic) bond motifs is 3. The topological polar surface area (TPSA) is 117 Å². The number of hydrogen-bond acceptors (Lipinski definition) is 8. The van der Waals surface area contributed by atoms with Crippen LogP contribution < -0.4 is 4.90 Å². The molecule has 2 fully saturated rings. The van der Waals surface area contributed by atoms with E-state index < -0.39 is 31.1 Å². The molecule has 174 valence electrons. The number of aliphatic hydroxyl groups excluding tert-OH is 3. The smallest absolute Gasteiger partial charge is 0.226 e. The van der Waals surface area contributed by atoms with Crippen LogP contribution in [0.1, 0.15) is 37.5 Å². The third-order valence-electron chi connectivity index (χ3n) is 7.27. The van der Waals surface area contributed by atoms with Crippen molar-refractivity contribution in [3.05, 3.63) is 41.2 Å². The first-order chi connectivity index (χ1) is 15.9. The lowest BCUT2D eigenvalue weighted by atomic mass is 9.81. The lowest BCUT2D eigenvalue weighted by Gasteiger charge is -2.25. The lowest BCUT2D eigenvalue weighted by molar-refractivity contribution is -0.0511. The highest BCUT2D eigenvalue weighted by Crippen LogP contribution is 2.53. The van der Waals surface area contributed by atoms with Gasteiger partial charge in [0.15, 0.2) is 23.2 Å². The number of benzene rings is 1. The van der Waals surface area contributed by atoms with Gasteiger partial charge in [-0.3, -0.25) is 4.57 Å². The highest BCUT2D eigenvalue weighted by molar-refractivity contribution is 6.28. The number of nitrogens with zero attached hydrogens (tertiary/aromatic N) is 5. The Hall–Kier alpha value is -2.37. The quantitative estimate of drug-likeness (QED) is 0.494. The van der Waals surface area contributed by atoms with Gasteiger partial charge in [0.05, 0.1) is 18.6 Å². The summed E-state index contributed by atoms with van der Waals surface area (Å²) in [4.78, 5) is 15.0. The van der Waals surface area contributed by atoms with Gasteiger partial charge < -0.3 is 25.0 Å². The van der Waals surface area contributed by atoms with Crippen LogP contribution in [0.2, 0.25) is 5.28 Å². The molecule has 4 atom stereocenters. The van der Waals surface area contributed by atoms with Crippen LogP contribution in [0.3, 0.4) is 0 Å². The molecule has 11 heteroatoms. The Kier molecular flexibility index (Phi) is 4.86. The number of rotatable bonds is 3. The fourth-order valence-electron chi connectivity index (χ4n) is 5.70. The van der Waals surface area contributed by atoms with Crippen LogP contribution in [0, 0.1) is 5.82 Å². The van der Waals surface area contributed by atoms with E-state index >= 15 is 4.39 Å². The molecule has 0 bridgehead atoms. The van der Waals surface area contributed by atoms with Gasteiger partial charge in [-0.1, -0.05) is 25.0 Å². The molecule has 2 aliphatic heterocycles. The summed E-state index contributed by atoms with van der Waals surface area (Å²) in [6.07, 6.45) is 0.999. The Morgan fingerprint density at radius 3 is 2.70 bits per heavy atom. The molecule has 9 nitrogen and oxygen atoms in total. The second-order valence-corrected chi connectivity index (χ2v) is 9.42.